The van der Waals surface area contributed by atoms with E-state index in [1.165, 1.54) is 0 Å². The largest absolute Gasteiger partial charge is 0.493 e. The first-order valence-electron chi connectivity index (χ1n) is 7.72. The summed E-state index contributed by atoms with van der Waals surface area (Å²) in [4.78, 5) is 4.69. The Kier molecular flexibility index (Phi) is 5.18. The number of aromatic nitrogens is 1. The van der Waals surface area contributed by atoms with Crippen LogP contribution in [-0.2, 0) is 6.54 Å². The van der Waals surface area contributed by atoms with Gasteiger partial charge in [0.25, 0.3) is 0 Å². The summed E-state index contributed by atoms with van der Waals surface area (Å²) in [5.74, 6) is 0.942. The molecule has 1 heterocycles. The Balaban J connectivity index is 2.22. The van der Waals surface area contributed by atoms with E-state index >= 15 is 0 Å². The minimum atomic E-state index is 0.287. The molecule has 0 unspecified atom stereocenters. The molecular weight excluding hydrogens is 260 g/mol. The van der Waals surface area contributed by atoms with Crippen LogP contribution in [0.1, 0.15) is 39.8 Å². The minimum absolute atomic E-state index is 0.287. The molecule has 3 heteroatoms. The highest BCUT2D eigenvalue weighted by Crippen LogP contribution is 2.27. The van der Waals surface area contributed by atoms with Crippen LogP contribution in [0.5, 0.6) is 5.75 Å². The highest BCUT2D eigenvalue weighted by molar-refractivity contribution is 5.85. The third kappa shape index (κ3) is 4.71. The minimum Gasteiger partial charge on any atom is -0.493 e. The molecule has 0 radical (unpaired) electrons. The van der Waals surface area contributed by atoms with Crippen molar-refractivity contribution in [2.24, 2.45) is 5.41 Å². The summed E-state index contributed by atoms with van der Waals surface area (Å²) >= 11 is 0. The number of nitrogens with one attached hydrogen (secondary N) is 1. The molecular formula is C18H26N2O. The maximum absolute atomic E-state index is 6.05. The van der Waals surface area contributed by atoms with Crippen LogP contribution in [0.15, 0.2) is 30.3 Å². The Hall–Kier alpha value is -1.61. The van der Waals surface area contributed by atoms with E-state index in [0.29, 0.717) is 0 Å². The van der Waals surface area contributed by atoms with Gasteiger partial charge >= 0.3 is 0 Å². The summed E-state index contributed by atoms with van der Waals surface area (Å²) in [6.07, 6.45) is 1.03. The van der Waals surface area contributed by atoms with Gasteiger partial charge in [-0.2, -0.15) is 0 Å². The molecule has 0 aliphatic heterocycles. The maximum atomic E-state index is 6.05. The first-order chi connectivity index (χ1) is 9.99. The summed E-state index contributed by atoms with van der Waals surface area (Å²) < 4.78 is 6.05. The number of para-hydroxylation sites is 1. The summed E-state index contributed by atoms with van der Waals surface area (Å²) in [6.45, 7) is 11.2. The molecule has 0 fully saturated rings. The molecule has 0 saturated carbocycles. The quantitative estimate of drug-likeness (QED) is 0.866. The molecule has 0 aliphatic carbocycles. The number of hydrogen-bond acceptors (Lipinski definition) is 3. The molecule has 0 amide bonds. The third-order valence-corrected chi connectivity index (χ3v) is 3.40. The van der Waals surface area contributed by atoms with Gasteiger partial charge in [-0.25, -0.2) is 0 Å². The zero-order chi connectivity index (χ0) is 15.3. The SMILES string of the molecule is CCNCc1cc(OCCC(C)(C)C)c2ccccc2n1. The maximum Gasteiger partial charge on any atom is 0.130 e. The number of pyridine rings is 1. The van der Waals surface area contributed by atoms with Crippen LogP contribution in [0.2, 0.25) is 0 Å². The van der Waals surface area contributed by atoms with E-state index in [4.69, 9.17) is 4.74 Å². The molecule has 0 saturated heterocycles. The normalized spacial score (nSPS) is 11.8. The van der Waals surface area contributed by atoms with Gasteiger partial charge in [-0.15, -0.1) is 0 Å². The smallest absolute Gasteiger partial charge is 0.130 e. The number of benzene rings is 1. The molecule has 0 atom stereocenters. The van der Waals surface area contributed by atoms with Crippen LogP contribution < -0.4 is 10.1 Å². The molecule has 2 aromatic rings. The average molecular weight is 286 g/mol. The van der Waals surface area contributed by atoms with Gasteiger partial charge in [-0.05, 0) is 30.5 Å². The number of fused-ring (bicyclic) bond motifs is 1. The van der Waals surface area contributed by atoms with Gasteiger partial charge in [0, 0.05) is 18.0 Å². The van der Waals surface area contributed by atoms with Gasteiger partial charge in [-0.3, -0.25) is 4.98 Å². The standard InChI is InChI=1S/C18H26N2O/c1-5-19-13-14-12-17(21-11-10-18(2,3)4)15-8-6-7-9-16(15)20-14/h6-9,12,19H,5,10-11,13H2,1-4H3. The van der Waals surface area contributed by atoms with E-state index in [9.17, 15) is 0 Å². The van der Waals surface area contributed by atoms with Gasteiger partial charge in [0.05, 0.1) is 17.8 Å². The van der Waals surface area contributed by atoms with E-state index in [1.807, 2.05) is 18.2 Å². The number of rotatable bonds is 6. The zero-order valence-corrected chi connectivity index (χ0v) is 13.6. The van der Waals surface area contributed by atoms with Crippen LogP contribution in [-0.4, -0.2) is 18.1 Å². The summed E-state index contributed by atoms with van der Waals surface area (Å²) in [7, 11) is 0. The second-order valence-electron chi connectivity index (χ2n) is 6.57. The molecule has 1 N–H and O–H groups in total. The average Bonchev–Trinajstić information content (AvgIpc) is 2.43. The zero-order valence-electron chi connectivity index (χ0n) is 13.6. The number of ether oxygens (including phenoxy) is 1. The van der Waals surface area contributed by atoms with Crippen molar-refractivity contribution in [3.8, 4) is 5.75 Å². The topological polar surface area (TPSA) is 34.1 Å². The lowest BCUT2D eigenvalue weighted by atomic mass is 9.93. The van der Waals surface area contributed by atoms with Crippen LogP contribution in [0, 0.1) is 5.41 Å². The van der Waals surface area contributed by atoms with E-state index in [2.05, 4.69) is 50.1 Å². The molecule has 1 aromatic heterocycles. The van der Waals surface area contributed by atoms with Crippen LogP contribution in [0.25, 0.3) is 10.9 Å². The molecule has 2 rings (SSSR count). The first kappa shape index (κ1) is 15.8. The fourth-order valence-electron chi connectivity index (χ4n) is 2.13. The van der Waals surface area contributed by atoms with E-state index < -0.39 is 0 Å². The summed E-state index contributed by atoms with van der Waals surface area (Å²) in [6, 6.07) is 10.2. The molecule has 1 aromatic carbocycles. The highest BCUT2D eigenvalue weighted by atomic mass is 16.5. The van der Waals surface area contributed by atoms with Crippen LogP contribution in [0.4, 0.5) is 0 Å². The lowest BCUT2D eigenvalue weighted by molar-refractivity contribution is 0.245. The molecule has 0 bridgehead atoms. The highest BCUT2D eigenvalue weighted by Gasteiger charge is 2.11. The van der Waals surface area contributed by atoms with E-state index in [0.717, 1.165) is 48.5 Å². The first-order valence-corrected chi connectivity index (χ1v) is 7.72. The van der Waals surface area contributed by atoms with Gasteiger partial charge in [-0.1, -0.05) is 39.8 Å². The summed E-state index contributed by atoms with van der Waals surface area (Å²) in [5, 5.41) is 4.41. The monoisotopic (exact) mass is 286 g/mol. The Morgan fingerprint density at radius 3 is 2.67 bits per heavy atom. The molecule has 0 aliphatic rings. The van der Waals surface area contributed by atoms with Crippen molar-refractivity contribution in [2.75, 3.05) is 13.2 Å². The van der Waals surface area contributed by atoms with Crippen LogP contribution in [0.3, 0.4) is 0 Å². The fourth-order valence-corrected chi connectivity index (χ4v) is 2.13. The molecule has 21 heavy (non-hydrogen) atoms. The fraction of sp³-hybridized carbons (Fsp3) is 0.500. The lowest BCUT2D eigenvalue weighted by Crippen LogP contribution is -2.14. The second kappa shape index (κ2) is 6.90. The molecule has 3 nitrogen and oxygen atoms in total. The Bertz CT molecular complexity index is 587. The van der Waals surface area contributed by atoms with Gasteiger partial charge < -0.3 is 10.1 Å². The molecule has 114 valence electrons. The van der Waals surface area contributed by atoms with Gasteiger partial charge in [0.2, 0.25) is 0 Å². The van der Waals surface area contributed by atoms with Crippen molar-refractivity contribution in [3.05, 3.63) is 36.0 Å². The van der Waals surface area contributed by atoms with Crippen molar-refractivity contribution >= 4 is 10.9 Å². The Labute approximate surface area is 127 Å². The predicted octanol–water partition coefficient (Wildman–Crippen LogP) is 4.16. The lowest BCUT2D eigenvalue weighted by Gasteiger charge is -2.19. The van der Waals surface area contributed by atoms with Gasteiger partial charge in [0.15, 0.2) is 0 Å². The van der Waals surface area contributed by atoms with Gasteiger partial charge in [0.1, 0.15) is 5.75 Å². The van der Waals surface area contributed by atoms with Crippen LogP contribution >= 0.6 is 0 Å². The van der Waals surface area contributed by atoms with Crippen molar-refractivity contribution in [2.45, 2.75) is 40.7 Å². The molecule has 0 spiro atoms. The van der Waals surface area contributed by atoms with Crippen molar-refractivity contribution in [1.29, 1.82) is 0 Å². The van der Waals surface area contributed by atoms with Crippen molar-refractivity contribution < 1.29 is 4.74 Å². The number of hydrogen-bond donors (Lipinski definition) is 1. The third-order valence-electron chi connectivity index (χ3n) is 3.40. The van der Waals surface area contributed by atoms with Crippen molar-refractivity contribution in [1.82, 2.24) is 10.3 Å². The van der Waals surface area contributed by atoms with E-state index in [1.54, 1.807) is 0 Å². The van der Waals surface area contributed by atoms with Crippen molar-refractivity contribution in [3.63, 3.8) is 0 Å². The predicted molar refractivity (Wildman–Crippen MR) is 88.7 cm³/mol. The number of nitrogens with zero attached hydrogens (tertiary/aromatic N) is 1. The van der Waals surface area contributed by atoms with E-state index in [-0.39, 0.29) is 5.41 Å². The Morgan fingerprint density at radius 2 is 1.95 bits per heavy atom. The summed E-state index contributed by atoms with van der Waals surface area (Å²) in [5.41, 5.74) is 2.31. The Morgan fingerprint density at radius 1 is 1.19 bits per heavy atom. The second-order valence-corrected chi connectivity index (χ2v) is 6.57.